The molecule has 0 radical (unpaired) electrons. The van der Waals surface area contributed by atoms with Crippen LogP contribution in [0.2, 0.25) is 0 Å². The predicted molar refractivity (Wildman–Crippen MR) is 143 cm³/mol. The zero-order chi connectivity index (χ0) is 28.1. The first-order valence-electron chi connectivity index (χ1n) is 12.5. The Morgan fingerprint density at radius 2 is 1.41 bits per heavy atom. The molecule has 0 bridgehead atoms. The first kappa shape index (κ1) is 27.7. The second-order valence-corrected chi connectivity index (χ2v) is 9.25. The fourth-order valence-electron chi connectivity index (χ4n) is 4.83. The molecule has 0 aliphatic carbocycles. The molecule has 4 rings (SSSR count). The number of ether oxygens (including phenoxy) is 3. The zero-order valence-corrected chi connectivity index (χ0v) is 22.0. The van der Waals surface area contributed by atoms with Gasteiger partial charge < -0.3 is 24.4 Å². The molecular formula is C30H31NO8. The van der Waals surface area contributed by atoms with E-state index in [9.17, 15) is 24.6 Å². The van der Waals surface area contributed by atoms with Crippen LogP contribution in [0.25, 0.3) is 11.1 Å². The maximum atomic E-state index is 12.6. The summed E-state index contributed by atoms with van der Waals surface area (Å²) in [4.78, 5) is 38.1. The van der Waals surface area contributed by atoms with Crippen molar-refractivity contribution in [2.45, 2.75) is 25.4 Å². The fraction of sp³-hybridized carbons (Fsp3) is 0.300. The molecule has 1 aliphatic rings. The van der Waals surface area contributed by atoms with Gasteiger partial charge in [0, 0.05) is 18.7 Å². The highest BCUT2D eigenvalue weighted by Gasteiger charge is 2.36. The molecule has 1 heterocycles. The van der Waals surface area contributed by atoms with E-state index >= 15 is 0 Å². The van der Waals surface area contributed by atoms with E-state index in [2.05, 4.69) is 0 Å². The Bertz CT molecular complexity index is 1310. The van der Waals surface area contributed by atoms with Crippen LogP contribution in [0.1, 0.15) is 39.1 Å². The van der Waals surface area contributed by atoms with Gasteiger partial charge in [0.1, 0.15) is 17.2 Å². The SMILES string of the molecule is COc1cc(OC)c(-c2ccc(CCC(O)[C@@H](CCN3C(=O)c4ccccc4C3=O)C(=O)O)cc2)c(OC)c1. The van der Waals surface area contributed by atoms with Gasteiger partial charge in [-0.3, -0.25) is 19.3 Å². The molecular weight excluding hydrogens is 502 g/mol. The highest BCUT2D eigenvalue weighted by atomic mass is 16.5. The van der Waals surface area contributed by atoms with Crippen molar-refractivity contribution >= 4 is 17.8 Å². The van der Waals surface area contributed by atoms with Crippen LogP contribution in [-0.2, 0) is 11.2 Å². The minimum atomic E-state index is -1.17. The molecule has 9 heteroatoms. The second-order valence-electron chi connectivity index (χ2n) is 9.25. The van der Waals surface area contributed by atoms with Gasteiger partial charge in [0.2, 0.25) is 0 Å². The van der Waals surface area contributed by atoms with Crippen molar-refractivity contribution in [2.24, 2.45) is 5.92 Å². The standard InChI is InChI=1S/C30H31NO8/c1-37-20-16-25(38-2)27(26(17-20)39-3)19-11-8-18(9-12-19)10-13-24(32)23(30(35)36)14-15-31-28(33)21-6-4-5-7-22(21)29(31)34/h4-9,11-12,16-17,23-24,32H,10,13-15H2,1-3H3,(H,35,36)/t23-,24?/m1/s1. The molecule has 1 aliphatic heterocycles. The number of nitrogens with zero attached hydrogens (tertiary/aromatic N) is 1. The molecule has 2 atom stereocenters. The number of aliphatic hydroxyl groups is 1. The molecule has 0 saturated carbocycles. The largest absolute Gasteiger partial charge is 0.496 e. The molecule has 2 amide bonds. The van der Waals surface area contributed by atoms with Crippen molar-refractivity contribution in [3.05, 3.63) is 77.4 Å². The van der Waals surface area contributed by atoms with Gasteiger partial charge in [0.15, 0.2) is 0 Å². The molecule has 0 saturated heterocycles. The number of imide groups is 1. The minimum absolute atomic E-state index is 0.0437. The number of aliphatic hydroxyl groups excluding tert-OH is 1. The lowest BCUT2D eigenvalue weighted by molar-refractivity contribution is -0.146. The molecule has 39 heavy (non-hydrogen) atoms. The number of carboxylic acids is 1. The number of fused-ring (bicyclic) bond motifs is 1. The number of methoxy groups -OCH3 is 3. The van der Waals surface area contributed by atoms with E-state index in [0.717, 1.165) is 21.6 Å². The van der Waals surface area contributed by atoms with Crippen molar-refractivity contribution in [3.8, 4) is 28.4 Å². The number of rotatable bonds is 12. The summed E-state index contributed by atoms with van der Waals surface area (Å²) >= 11 is 0. The van der Waals surface area contributed by atoms with E-state index < -0.39 is 29.8 Å². The average Bonchev–Trinajstić information content (AvgIpc) is 3.20. The summed E-state index contributed by atoms with van der Waals surface area (Å²) in [5, 5.41) is 20.5. The quantitative estimate of drug-likeness (QED) is 0.334. The lowest BCUT2D eigenvalue weighted by Crippen LogP contribution is -2.36. The number of aliphatic carboxylic acids is 1. The van der Waals surface area contributed by atoms with Crippen LogP contribution in [0.15, 0.2) is 60.7 Å². The Kier molecular flexibility index (Phi) is 8.51. The van der Waals surface area contributed by atoms with E-state index in [0.29, 0.717) is 34.8 Å². The number of carboxylic acid groups (broad SMARTS) is 1. The lowest BCUT2D eigenvalue weighted by Gasteiger charge is -2.22. The van der Waals surface area contributed by atoms with Gasteiger partial charge in [0.05, 0.1) is 50.0 Å². The molecule has 3 aromatic carbocycles. The minimum Gasteiger partial charge on any atom is -0.496 e. The third-order valence-electron chi connectivity index (χ3n) is 7.01. The summed E-state index contributed by atoms with van der Waals surface area (Å²) in [6.07, 6.45) is -0.556. The van der Waals surface area contributed by atoms with Crippen molar-refractivity contribution in [1.29, 1.82) is 0 Å². The number of carbonyl (C=O) groups is 3. The average molecular weight is 534 g/mol. The smallest absolute Gasteiger partial charge is 0.309 e. The van der Waals surface area contributed by atoms with E-state index in [-0.39, 0.29) is 19.4 Å². The third kappa shape index (κ3) is 5.73. The second kappa shape index (κ2) is 12.0. The lowest BCUT2D eigenvalue weighted by atomic mass is 9.92. The van der Waals surface area contributed by atoms with Gasteiger partial charge in [-0.1, -0.05) is 36.4 Å². The Balaban J connectivity index is 1.40. The summed E-state index contributed by atoms with van der Waals surface area (Å²) in [6, 6.07) is 17.7. The van der Waals surface area contributed by atoms with E-state index in [1.54, 1.807) is 57.7 Å². The van der Waals surface area contributed by atoms with Crippen LogP contribution in [0.4, 0.5) is 0 Å². The highest BCUT2D eigenvalue weighted by molar-refractivity contribution is 6.21. The van der Waals surface area contributed by atoms with E-state index in [1.807, 2.05) is 24.3 Å². The van der Waals surface area contributed by atoms with E-state index in [1.165, 1.54) is 0 Å². The first-order chi connectivity index (χ1) is 18.8. The van der Waals surface area contributed by atoms with Crippen LogP contribution in [0.5, 0.6) is 17.2 Å². The molecule has 0 fully saturated rings. The van der Waals surface area contributed by atoms with Crippen molar-refractivity contribution in [2.75, 3.05) is 27.9 Å². The van der Waals surface area contributed by atoms with Crippen LogP contribution in [-0.4, -0.2) is 66.9 Å². The fourth-order valence-corrected chi connectivity index (χ4v) is 4.83. The van der Waals surface area contributed by atoms with Crippen LogP contribution in [0.3, 0.4) is 0 Å². The Labute approximate surface area is 226 Å². The summed E-state index contributed by atoms with van der Waals surface area (Å²) < 4.78 is 16.4. The normalized spacial score (nSPS) is 14.1. The summed E-state index contributed by atoms with van der Waals surface area (Å²) in [7, 11) is 4.71. The number of hydrogen-bond donors (Lipinski definition) is 2. The van der Waals surface area contributed by atoms with Crippen molar-refractivity contribution in [3.63, 3.8) is 0 Å². The summed E-state index contributed by atoms with van der Waals surface area (Å²) in [5.41, 5.74) is 3.16. The van der Waals surface area contributed by atoms with Gasteiger partial charge in [-0.15, -0.1) is 0 Å². The van der Waals surface area contributed by atoms with Gasteiger partial charge >= 0.3 is 5.97 Å². The molecule has 204 valence electrons. The number of amides is 2. The molecule has 0 aromatic heterocycles. The maximum absolute atomic E-state index is 12.6. The Hall–Kier alpha value is -4.37. The van der Waals surface area contributed by atoms with Gasteiger partial charge in [0.25, 0.3) is 11.8 Å². The van der Waals surface area contributed by atoms with Crippen LogP contribution < -0.4 is 14.2 Å². The number of hydrogen-bond acceptors (Lipinski definition) is 7. The Morgan fingerprint density at radius 1 is 0.846 bits per heavy atom. The van der Waals surface area contributed by atoms with Crippen LogP contribution in [0, 0.1) is 5.92 Å². The number of aryl methyl sites for hydroxylation is 1. The van der Waals surface area contributed by atoms with Gasteiger partial charge in [-0.25, -0.2) is 0 Å². The highest BCUT2D eigenvalue weighted by Crippen LogP contribution is 2.41. The predicted octanol–water partition coefficient (Wildman–Crippen LogP) is 4.06. The zero-order valence-electron chi connectivity index (χ0n) is 22.0. The first-order valence-corrected chi connectivity index (χ1v) is 12.5. The molecule has 9 nitrogen and oxygen atoms in total. The molecule has 2 N–H and O–H groups in total. The molecule has 0 spiro atoms. The van der Waals surface area contributed by atoms with Gasteiger partial charge in [-0.05, 0) is 42.5 Å². The van der Waals surface area contributed by atoms with Gasteiger partial charge in [-0.2, -0.15) is 0 Å². The topological polar surface area (TPSA) is 123 Å². The summed E-state index contributed by atoms with van der Waals surface area (Å²) in [5.74, 6) is -1.39. The number of carbonyl (C=O) groups excluding carboxylic acids is 2. The van der Waals surface area contributed by atoms with Crippen molar-refractivity contribution in [1.82, 2.24) is 4.90 Å². The number of benzene rings is 3. The molecule has 1 unspecified atom stereocenters. The third-order valence-corrected chi connectivity index (χ3v) is 7.01. The Morgan fingerprint density at radius 3 is 1.90 bits per heavy atom. The van der Waals surface area contributed by atoms with E-state index in [4.69, 9.17) is 14.2 Å². The summed E-state index contributed by atoms with van der Waals surface area (Å²) in [6.45, 7) is -0.0827. The molecule has 3 aromatic rings. The van der Waals surface area contributed by atoms with Crippen molar-refractivity contribution < 1.29 is 38.8 Å². The maximum Gasteiger partial charge on any atom is 0.309 e. The van der Waals surface area contributed by atoms with Crippen LogP contribution >= 0.6 is 0 Å². The monoisotopic (exact) mass is 533 g/mol.